The Balaban J connectivity index is 1.24. The maximum absolute atomic E-state index is 12.7. The van der Waals surface area contributed by atoms with Gasteiger partial charge in [0.25, 0.3) is 5.91 Å². The van der Waals surface area contributed by atoms with Crippen LogP contribution in [-0.4, -0.2) is 44.3 Å². The van der Waals surface area contributed by atoms with Crippen LogP contribution in [0.4, 0.5) is 5.69 Å². The summed E-state index contributed by atoms with van der Waals surface area (Å²) in [6, 6.07) is 9.73. The summed E-state index contributed by atoms with van der Waals surface area (Å²) in [6.45, 7) is 1.73. The zero-order valence-corrected chi connectivity index (χ0v) is 17.6. The van der Waals surface area contributed by atoms with E-state index < -0.39 is 0 Å². The Kier molecular flexibility index (Phi) is 5.40. The third kappa shape index (κ3) is 4.17. The predicted molar refractivity (Wildman–Crippen MR) is 119 cm³/mol. The molecule has 2 fully saturated rings. The number of likely N-dealkylation sites (tertiary alicyclic amines) is 1. The first-order valence-electron chi connectivity index (χ1n) is 11.2. The van der Waals surface area contributed by atoms with Crippen LogP contribution in [0.2, 0.25) is 0 Å². The van der Waals surface area contributed by atoms with Crippen molar-refractivity contribution in [3.8, 4) is 0 Å². The first kappa shape index (κ1) is 19.7. The highest BCUT2D eigenvalue weighted by Crippen LogP contribution is 2.31. The minimum Gasteiger partial charge on any atom is -0.342 e. The summed E-state index contributed by atoms with van der Waals surface area (Å²) in [6.07, 6.45) is 10.9. The van der Waals surface area contributed by atoms with Crippen molar-refractivity contribution in [2.75, 3.05) is 18.4 Å². The number of hydrogen-bond acceptors (Lipinski definition) is 4. The molecule has 0 spiro atoms. The molecule has 7 heteroatoms. The summed E-state index contributed by atoms with van der Waals surface area (Å²) in [5.41, 5.74) is 3.72. The minimum absolute atomic E-state index is 0.172. The lowest BCUT2D eigenvalue weighted by Crippen LogP contribution is -2.29. The first-order valence-corrected chi connectivity index (χ1v) is 11.2. The molecule has 1 N–H and O–H groups in total. The molecule has 1 aromatic carbocycles. The second-order valence-electron chi connectivity index (χ2n) is 8.57. The molecule has 3 aromatic rings. The van der Waals surface area contributed by atoms with Gasteiger partial charge in [0.1, 0.15) is 5.52 Å². The van der Waals surface area contributed by atoms with Gasteiger partial charge in [-0.15, -0.1) is 0 Å². The van der Waals surface area contributed by atoms with E-state index in [1.165, 1.54) is 12.8 Å². The highest BCUT2D eigenvalue weighted by molar-refractivity contribution is 6.05. The monoisotopic (exact) mass is 417 g/mol. The zero-order valence-electron chi connectivity index (χ0n) is 17.6. The van der Waals surface area contributed by atoms with E-state index in [0.29, 0.717) is 23.7 Å². The van der Waals surface area contributed by atoms with Crippen LogP contribution in [0, 0.1) is 0 Å². The SMILES string of the molecule is O=C(Nc1ccc(CC(=O)N2CCCC2)cc1)c1cnc2c(c1)ncn2C1CCCC1. The molecule has 0 unspecified atom stereocenters. The number of pyridine rings is 1. The number of anilines is 1. The van der Waals surface area contributed by atoms with E-state index in [9.17, 15) is 9.59 Å². The Morgan fingerprint density at radius 2 is 1.74 bits per heavy atom. The topological polar surface area (TPSA) is 80.1 Å². The standard InChI is InChI=1S/C24H27N5O2/c30-22(28-11-3-4-12-28)13-17-7-9-19(10-8-17)27-24(31)18-14-21-23(25-15-18)29(16-26-21)20-5-1-2-6-20/h7-10,14-16,20H,1-6,11-13H2,(H,27,31). The van der Waals surface area contributed by atoms with Crippen molar-refractivity contribution in [1.82, 2.24) is 19.4 Å². The molecular weight excluding hydrogens is 390 g/mol. The van der Waals surface area contributed by atoms with Crippen LogP contribution in [-0.2, 0) is 11.2 Å². The number of hydrogen-bond donors (Lipinski definition) is 1. The van der Waals surface area contributed by atoms with Crippen LogP contribution < -0.4 is 5.32 Å². The van der Waals surface area contributed by atoms with Crippen LogP contribution in [0.1, 0.15) is 60.5 Å². The number of fused-ring (bicyclic) bond motifs is 1. The summed E-state index contributed by atoms with van der Waals surface area (Å²) >= 11 is 0. The fourth-order valence-corrected chi connectivity index (χ4v) is 4.65. The normalized spacial score (nSPS) is 16.8. The minimum atomic E-state index is -0.217. The molecule has 1 aliphatic carbocycles. The first-order chi connectivity index (χ1) is 15.2. The molecule has 31 heavy (non-hydrogen) atoms. The highest BCUT2D eigenvalue weighted by Gasteiger charge is 2.20. The second-order valence-corrected chi connectivity index (χ2v) is 8.57. The van der Waals surface area contributed by atoms with Crippen molar-refractivity contribution in [3.05, 3.63) is 54.0 Å². The number of imidazole rings is 1. The van der Waals surface area contributed by atoms with Gasteiger partial charge in [0.2, 0.25) is 5.91 Å². The number of rotatable bonds is 5. The van der Waals surface area contributed by atoms with Gasteiger partial charge in [0, 0.05) is 31.0 Å². The smallest absolute Gasteiger partial charge is 0.257 e. The number of nitrogens with one attached hydrogen (secondary N) is 1. The molecule has 1 saturated heterocycles. The van der Waals surface area contributed by atoms with Gasteiger partial charge < -0.3 is 14.8 Å². The molecule has 2 aliphatic rings. The van der Waals surface area contributed by atoms with Crippen LogP contribution in [0.5, 0.6) is 0 Å². The quantitative estimate of drug-likeness (QED) is 0.681. The van der Waals surface area contributed by atoms with Crippen molar-refractivity contribution in [3.63, 3.8) is 0 Å². The molecule has 7 nitrogen and oxygen atoms in total. The van der Waals surface area contributed by atoms with E-state index in [1.54, 1.807) is 12.3 Å². The molecule has 160 valence electrons. The largest absolute Gasteiger partial charge is 0.342 e. The van der Waals surface area contributed by atoms with Crippen LogP contribution in [0.3, 0.4) is 0 Å². The van der Waals surface area contributed by atoms with Crippen molar-refractivity contribution < 1.29 is 9.59 Å². The zero-order chi connectivity index (χ0) is 21.2. The predicted octanol–water partition coefficient (Wildman–Crippen LogP) is 3.96. The number of carbonyl (C=O) groups excluding carboxylic acids is 2. The third-order valence-electron chi connectivity index (χ3n) is 6.42. The fourth-order valence-electron chi connectivity index (χ4n) is 4.65. The van der Waals surface area contributed by atoms with E-state index in [4.69, 9.17) is 0 Å². The van der Waals surface area contributed by atoms with Gasteiger partial charge in [-0.05, 0) is 49.4 Å². The Bertz CT molecular complexity index is 1090. The van der Waals surface area contributed by atoms with E-state index in [2.05, 4.69) is 19.9 Å². The van der Waals surface area contributed by atoms with Gasteiger partial charge in [0.15, 0.2) is 5.65 Å². The summed E-state index contributed by atoms with van der Waals surface area (Å²) < 4.78 is 2.15. The molecule has 0 radical (unpaired) electrons. The van der Waals surface area contributed by atoms with E-state index in [0.717, 1.165) is 55.5 Å². The van der Waals surface area contributed by atoms with Crippen LogP contribution >= 0.6 is 0 Å². The number of benzene rings is 1. The fraction of sp³-hybridized carbons (Fsp3) is 0.417. The second kappa shape index (κ2) is 8.49. The lowest BCUT2D eigenvalue weighted by atomic mass is 10.1. The number of nitrogens with zero attached hydrogens (tertiary/aromatic N) is 4. The summed E-state index contributed by atoms with van der Waals surface area (Å²) in [5.74, 6) is -0.0450. The van der Waals surface area contributed by atoms with E-state index >= 15 is 0 Å². The van der Waals surface area contributed by atoms with Gasteiger partial charge in [0.05, 0.1) is 18.3 Å². The summed E-state index contributed by atoms with van der Waals surface area (Å²) in [4.78, 5) is 35.9. The average Bonchev–Trinajstić information content (AvgIpc) is 3.55. The molecule has 3 heterocycles. The lowest BCUT2D eigenvalue weighted by molar-refractivity contribution is -0.129. The third-order valence-corrected chi connectivity index (χ3v) is 6.42. The Hall–Kier alpha value is -3.22. The van der Waals surface area contributed by atoms with Crippen molar-refractivity contribution >= 4 is 28.7 Å². The van der Waals surface area contributed by atoms with Crippen molar-refractivity contribution in [2.45, 2.75) is 51.0 Å². The van der Waals surface area contributed by atoms with E-state index in [-0.39, 0.29) is 11.8 Å². The Labute approximate surface area is 181 Å². The molecule has 0 atom stereocenters. The van der Waals surface area contributed by atoms with Gasteiger partial charge in [-0.2, -0.15) is 0 Å². The Morgan fingerprint density at radius 1 is 1.00 bits per heavy atom. The summed E-state index contributed by atoms with van der Waals surface area (Å²) in [5, 5.41) is 2.91. The Morgan fingerprint density at radius 3 is 2.48 bits per heavy atom. The maximum Gasteiger partial charge on any atom is 0.257 e. The van der Waals surface area contributed by atoms with Crippen LogP contribution in [0.25, 0.3) is 11.2 Å². The highest BCUT2D eigenvalue weighted by atomic mass is 16.2. The number of amides is 2. The summed E-state index contributed by atoms with van der Waals surface area (Å²) in [7, 11) is 0. The van der Waals surface area contributed by atoms with Crippen molar-refractivity contribution in [1.29, 1.82) is 0 Å². The molecular formula is C24H27N5O2. The molecule has 5 rings (SSSR count). The van der Waals surface area contributed by atoms with Crippen LogP contribution in [0.15, 0.2) is 42.9 Å². The molecule has 2 aromatic heterocycles. The number of carbonyl (C=O) groups is 2. The van der Waals surface area contributed by atoms with Gasteiger partial charge in [-0.3, -0.25) is 9.59 Å². The maximum atomic E-state index is 12.7. The number of aromatic nitrogens is 3. The van der Waals surface area contributed by atoms with E-state index in [1.807, 2.05) is 35.5 Å². The van der Waals surface area contributed by atoms with Crippen molar-refractivity contribution in [2.24, 2.45) is 0 Å². The average molecular weight is 418 g/mol. The molecule has 1 aliphatic heterocycles. The van der Waals surface area contributed by atoms with Gasteiger partial charge in [-0.25, -0.2) is 9.97 Å². The molecule has 2 amide bonds. The molecule has 0 bridgehead atoms. The lowest BCUT2D eigenvalue weighted by Gasteiger charge is -2.15. The van der Waals surface area contributed by atoms with Gasteiger partial charge >= 0.3 is 0 Å². The molecule has 1 saturated carbocycles. The van der Waals surface area contributed by atoms with Gasteiger partial charge in [-0.1, -0.05) is 25.0 Å².